The number of likely N-dealkylation sites (tertiary alicyclic amines) is 1. The number of hydrogen-bond donors (Lipinski definition) is 2. The summed E-state index contributed by atoms with van der Waals surface area (Å²) >= 11 is 0. The number of hydrogen-bond acceptors (Lipinski definition) is 5. The van der Waals surface area contributed by atoms with Gasteiger partial charge in [-0.3, -0.25) is 14.6 Å². The summed E-state index contributed by atoms with van der Waals surface area (Å²) in [5.74, 6) is -0.136. The molecule has 7 heteroatoms. The predicted octanol–water partition coefficient (Wildman–Crippen LogP) is 1.70. The Morgan fingerprint density at radius 3 is 2.86 bits per heavy atom. The number of piperidine rings is 1. The summed E-state index contributed by atoms with van der Waals surface area (Å²) in [5, 5.41) is 22.7. The molecule has 7 nitrogen and oxygen atoms in total. The third-order valence-corrected chi connectivity index (χ3v) is 5.64. The number of nitrogens with one attached hydrogen (secondary N) is 1. The van der Waals surface area contributed by atoms with Gasteiger partial charge in [0.25, 0.3) is 5.91 Å². The van der Waals surface area contributed by atoms with Crippen molar-refractivity contribution in [1.29, 1.82) is 5.26 Å². The van der Waals surface area contributed by atoms with Crippen LogP contribution in [-0.4, -0.2) is 45.4 Å². The predicted molar refractivity (Wildman–Crippen MR) is 102 cm³/mol. The van der Waals surface area contributed by atoms with Gasteiger partial charge in [-0.05, 0) is 50.3 Å². The largest absolute Gasteiger partial charge is 0.386 e. The first kappa shape index (κ1) is 18.4. The van der Waals surface area contributed by atoms with E-state index < -0.39 is 5.60 Å². The fourth-order valence-corrected chi connectivity index (χ4v) is 4.00. The molecule has 1 aromatic heterocycles. The summed E-state index contributed by atoms with van der Waals surface area (Å²) in [6.45, 7) is 3.24. The van der Waals surface area contributed by atoms with Crippen molar-refractivity contribution in [3.8, 4) is 6.07 Å². The number of aliphatic hydroxyl groups is 1. The molecule has 0 radical (unpaired) electrons. The molecule has 1 aliphatic carbocycles. The fourth-order valence-electron chi connectivity index (χ4n) is 4.00. The molecular weight excluding hydrogens is 356 g/mol. The topological polar surface area (TPSA) is 106 Å². The van der Waals surface area contributed by atoms with Crippen molar-refractivity contribution in [3.63, 3.8) is 0 Å². The van der Waals surface area contributed by atoms with Crippen molar-refractivity contribution in [2.75, 3.05) is 6.54 Å². The Kier molecular flexibility index (Phi) is 4.31. The monoisotopic (exact) mass is 378 g/mol. The number of fused-ring (bicyclic) bond motifs is 2. The van der Waals surface area contributed by atoms with E-state index in [-0.39, 0.29) is 30.4 Å². The Morgan fingerprint density at radius 1 is 1.36 bits per heavy atom. The summed E-state index contributed by atoms with van der Waals surface area (Å²) in [4.78, 5) is 31.1. The van der Waals surface area contributed by atoms with Gasteiger partial charge in [0.05, 0.1) is 29.3 Å². The zero-order chi connectivity index (χ0) is 20.1. The van der Waals surface area contributed by atoms with E-state index in [4.69, 9.17) is 0 Å². The lowest BCUT2D eigenvalue weighted by Crippen LogP contribution is -2.44. The van der Waals surface area contributed by atoms with Gasteiger partial charge in [0.2, 0.25) is 5.91 Å². The van der Waals surface area contributed by atoms with Gasteiger partial charge in [-0.2, -0.15) is 5.26 Å². The smallest absolute Gasteiger partial charge is 0.252 e. The Morgan fingerprint density at radius 2 is 2.14 bits per heavy atom. The molecule has 1 saturated carbocycles. The highest BCUT2D eigenvalue weighted by atomic mass is 16.3. The number of rotatable bonds is 4. The van der Waals surface area contributed by atoms with Crippen LogP contribution in [0.2, 0.25) is 0 Å². The average molecular weight is 378 g/mol. The van der Waals surface area contributed by atoms with Crippen molar-refractivity contribution >= 4 is 22.7 Å². The van der Waals surface area contributed by atoms with Gasteiger partial charge in [0, 0.05) is 17.6 Å². The van der Waals surface area contributed by atoms with Crippen LogP contribution in [0.4, 0.5) is 0 Å². The zero-order valence-corrected chi connectivity index (χ0v) is 15.8. The van der Waals surface area contributed by atoms with E-state index in [0.29, 0.717) is 27.9 Å². The standard InChI is InChI=1S/C21H22N4O3/c1-21(2,28)13-3-4-15-16(5-6-23-17(15)9-13)20(27)24-11-19(26)25-14(10-22)7-12-8-18(12)25/h3-6,9,12,14,18,28H,7-8,11H2,1-2H3,(H,24,27)/t12-,14+,18+/m1/s1. The Bertz CT molecular complexity index is 1000. The first-order chi connectivity index (χ1) is 13.3. The molecule has 0 bridgehead atoms. The number of carbonyl (C=O) groups excluding carboxylic acids is 2. The maximum absolute atomic E-state index is 12.7. The van der Waals surface area contributed by atoms with Crippen molar-refractivity contribution in [3.05, 3.63) is 41.6 Å². The highest BCUT2D eigenvalue weighted by Crippen LogP contribution is 2.47. The van der Waals surface area contributed by atoms with E-state index in [2.05, 4.69) is 16.4 Å². The molecule has 2 amide bonds. The lowest BCUT2D eigenvalue weighted by molar-refractivity contribution is -0.131. The van der Waals surface area contributed by atoms with Gasteiger partial charge in [0.15, 0.2) is 0 Å². The molecular formula is C21H22N4O3. The molecule has 0 unspecified atom stereocenters. The minimum Gasteiger partial charge on any atom is -0.386 e. The van der Waals surface area contributed by atoms with E-state index in [1.54, 1.807) is 43.0 Å². The molecule has 2 N–H and O–H groups in total. The van der Waals surface area contributed by atoms with Crippen LogP contribution in [0.25, 0.3) is 10.9 Å². The molecule has 1 aliphatic heterocycles. The van der Waals surface area contributed by atoms with Crippen LogP contribution in [0.1, 0.15) is 42.6 Å². The maximum Gasteiger partial charge on any atom is 0.252 e. The van der Waals surface area contributed by atoms with Gasteiger partial charge in [-0.1, -0.05) is 12.1 Å². The normalized spacial score (nSPS) is 23.2. The van der Waals surface area contributed by atoms with Gasteiger partial charge >= 0.3 is 0 Å². The number of amides is 2. The van der Waals surface area contributed by atoms with E-state index in [0.717, 1.165) is 12.8 Å². The Labute approximate surface area is 163 Å². The van der Waals surface area contributed by atoms with E-state index in [1.807, 2.05) is 0 Å². The first-order valence-corrected chi connectivity index (χ1v) is 9.40. The van der Waals surface area contributed by atoms with E-state index in [9.17, 15) is 20.0 Å². The number of aromatic nitrogens is 1. The zero-order valence-electron chi connectivity index (χ0n) is 15.8. The van der Waals surface area contributed by atoms with Crippen LogP contribution >= 0.6 is 0 Å². The molecule has 2 aliphatic rings. The molecule has 0 spiro atoms. The average Bonchev–Trinajstić information content (AvgIpc) is 3.33. The highest BCUT2D eigenvalue weighted by Gasteiger charge is 2.53. The van der Waals surface area contributed by atoms with Crippen molar-refractivity contribution < 1.29 is 14.7 Å². The number of benzene rings is 1. The molecule has 2 aromatic rings. The molecule has 144 valence electrons. The van der Waals surface area contributed by atoms with E-state index >= 15 is 0 Å². The number of pyridine rings is 1. The number of nitriles is 1. The number of carbonyl (C=O) groups is 2. The summed E-state index contributed by atoms with van der Waals surface area (Å²) in [6, 6.07) is 8.85. The second kappa shape index (κ2) is 6.57. The molecule has 1 aromatic carbocycles. The minimum absolute atomic E-state index is 0.133. The second-order valence-corrected chi connectivity index (χ2v) is 8.08. The fraction of sp³-hybridized carbons (Fsp3) is 0.429. The molecule has 28 heavy (non-hydrogen) atoms. The Balaban J connectivity index is 1.50. The second-order valence-electron chi connectivity index (χ2n) is 8.08. The highest BCUT2D eigenvalue weighted by molar-refractivity contribution is 6.07. The van der Waals surface area contributed by atoms with Crippen LogP contribution < -0.4 is 5.32 Å². The van der Waals surface area contributed by atoms with Crippen molar-refractivity contribution in [2.24, 2.45) is 5.92 Å². The Hall–Kier alpha value is -2.98. The first-order valence-electron chi connectivity index (χ1n) is 9.40. The molecule has 2 fully saturated rings. The molecule has 3 atom stereocenters. The van der Waals surface area contributed by atoms with Crippen molar-refractivity contribution in [1.82, 2.24) is 15.2 Å². The van der Waals surface area contributed by atoms with Gasteiger partial charge in [-0.15, -0.1) is 0 Å². The van der Waals surface area contributed by atoms with Gasteiger partial charge < -0.3 is 15.3 Å². The molecule has 2 heterocycles. The van der Waals surface area contributed by atoms with Crippen LogP contribution in [-0.2, 0) is 10.4 Å². The molecule has 1 saturated heterocycles. The van der Waals surface area contributed by atoms with Crippen LogP contribution in [0.15, 0.2) is 30.5 Å². The SMILES string of the molecule is CC(C)(O)c1ccc2c(C(=O)NCC(=O)N3[C@H](C#N)C[C@@H]4C[C@@H]43)ccnc2c1. The van der Waals surface area contributed by atoms with Gasteiger partial charge in [0.1, 0.15) is 6.04 Å². The summed E-state index contributed by atoms with van der Waals surface area (Å²) in [6.07, 6.45) is 3.23. The van der Waals surface area contributed by atoms with Crippen LogP contribution in [0.3, 0.4) is 0 Å². The lowest BCUT2D eigenvalue weighted by Gasteiger charge is -2.22. The summed E-state index contributed by atoms with van der Waals surface area (Å²) in [7, 11) is 0. The third kappa shape index (κ3) is 3.20. The quantitative estimate of drug-likeness (QED) is 0.842. The van der Waals surface area contributed by atoms with E-state index in [1.165, 1.54) is 6.20 Å². The van der Waals surface area contributed by atoms with Gasteiger partial charge in [-0.25, -0.2) is 0 Å². The van der Waals surface area contributed by atoms with Crippen molar-refractivity contribution in [2.45, 2.75) is 44.4 Å². The maximum atomic E-state index is 12.7. The summed E-state index contributed by atoms with van der Waals surface area (Å²) in [5.41, 5.74) is 0.718. The van der Waals surface area contributed by atoms with Crippen LogP contribution in [0, 0.1) is 17.2 Å². The van der Waals surface area contributed by atoms with Crippen LogP contribution in [0.5, 0.6) is 0 Å². The minimum atomic E-state index is -1.01. The molecule has 4 rings (SSSR count). The number of nitrogens with zero attached hydrogens (tertiary/aromatic N) is 3. The third-order valence-electron chi connectivity index (χ3n) is 5.64. The lowest BCUT2D eigenvalue weighted by atomic mass is 9.96. The summed E-state index contributed by atoms with van der Waals surface area (Å²) < 4.78 is 0.